The van der Waals surface area contributed by atoms with Crippen LogP contribution in [0.25, 0.3) is 0 Å². The Balaban J connectivity index is 2.88. The summed E-state index contributed by atoms with van der Waals surface area (Å²) in [6.07, 6.45) is 0. The second kappa shape index (κ2) is 4.18. The number of halogens is 2. The fourth-order valence-electron chi connectivity index (χ4n) is 1.11. The summed E-state index contributed by atoms with van der Waals surface area (Å²) in [6, 6.07) is 3.54. The first kappa shape index (κ1) is 9.92. The Morgan fingerprint density at radius 2 is 2.08 bits per heavy atom. The van der Waals surface area contributed by atoms with E-state index in [1.165, 1.54) is 12.1 Å². The lowest BCUT2D eigenvalue weighted by molar-refractivity contribution is 0.579. The molecule has 2 nitrogen and oxygen atoms in total. The first-order valence-corrected chi connectivity index (χ1v) is 3.96. The van der Waals surface area contributed by atoms with E-state index in [2.05, 4.69) is 5.32 Å². The van der Waals surface area contributed by atoms with Crippen LogP contribution >= 0.6 is 0 Å². The Morgan fingerprint density at radius 1 is 1.38 bits per heavy atom. The standard InChI is InChI=1S/C9H12F2N2/c1-12-6-13(2)9-4-3-7(10)5-8(9)11/h3-5,12H,6H2,1-2H3. The number of rotatable bonds is 3. The van der Waals surface area contributed by atoms with Crippen molar-refractivity contribution in [3.63, 3.8) is 0 Å². The van der Waals surface area contributed by atoms with E-state index in [-0.39, 0.29) is 0 Å². The zero-order valence-corrected chi connectivity index (χ0v) is 7.64. The molecule has 0 aliphatic carbocycles. The van der Waals surface area contributed by atoms with Gasteiger partial charge in [0.15, 0.2) is 0 Å². The van der Waals surface area contributed by atoms with Crippen LogP contribution < -0.4 is 10.2 Å². The van der Waals surface area contributed by atoms with Gasteiger partial charge in [0.2, 0.25) is 0 Å². The highest BCUT2D eigenvalue weighted by atomic mass is 19.1. The van der Waals surface area contributed by atoms with Gasteiger partial charge >= 0.3 is 0 Å². The lowest BCUT2D eigenvalue weighted by Gasteiger charge is -2.18. The van der Waals surface area contributed by atoms with Crippen molar-refractivity contribution in [1.29, 1.82) is 0 Å². The van der Waals surface area contributed by atoms with Crippen molar-refractivity contribution < 1.29 is 8.78 Å². The van der Waals surface area contributed by atoms with E-state index in [4.69, 9.17) is 0 Å². The summed E-state index contributed by atoms with van der Waals surface area (Å²) in [7, 11) is 3.49. The van der Waals surface area contributed by atoms with Crippen molar-refractivity contribution >= 4 is 5.69 Å². The van der Waals surface area contributed by atoms with Crippen LogP contribution in [0.1, 0.15) is 0 Å². The summed E-state index contributed by atoms with van der Waals surface area (Å²) in [5, 5.41) is 2.87. The molecule has 4 heteroatoms. The minimum atomic E-state index is -0.556. The van der Waals surface area contributed by atoms with Gasteiger partial charge in [-0.15, -0.1) is 0 Å². The number of hydrogen-bond donors (Lipinski definition) is 1. The highest BCUT2D eigenvalue weighted by Crippen LogP contribution is 2.17. The first-order chi connectivity index (χ1) is 6.15. The summed E-state index contributed by atoms with van der Waals surface area (Å²) in [4.78, 5) is 1.66. The molecule has 0 atom stereocenters. The summed E-state index contributed by atoms with van der Waals surface area (Å²) in [5.41, 5.74) is 0.385. The van der Waals surface area contributed by atoms with E-state index in [1.807, 2.05) is 0 Å². The third kappa shape index (κ3) is 2.39. The molecule has 0 radical (unpaired) electrons. The molecule has 1 aromatic rings. The molecule has 0 bridgehead atoms. The number of nitrogens with zero attached hydrogens (tertiary/aromatic N) is 1. The summed E-state index contributed by atoms with van der Waals surface area (Å²) in [5.74, 6) is -1.10. The van der Waals surface area contributed by atoms with Gasteiger partial charge in [-0.2, -0.15) is 0 Å². The molecule has 0 unspecified atom stereocenters. The summed E-state index contributed by atoms with van der Waals surface area (Å²) < 4.78 is 25.6. The van der Waals surface area contributed by atoms with Gasteiger partial charge in [-0.05, 0) is 19.2 Å². The fraction of sp³-hybridized carbons (Fsp3) is 0.333. The second-order valence-electron chi connectivity index (χ2n) is 2.81. The number of hydrogen-bond acceptors (Lipinski definition) is 2. The van der Waals surface area contributed by atoms with Crippen LogP contribution in [0.15, 0.2) is 18.2 Å². The summed E-state index contributed by atoms with van der Waals surface area (Å²) in [6.45, 7) is 0.516. The SMILES string of the molecule is CNCN(C)c1ccc(F)cc1F. The van der Waals surface area contributed by atoms with Gasteiger partial charge < -0.3 is 10.2 Å². The zero-order chi connectivity index (χ0) is 9.84. The van der Waals surface area contributed by atoms with Crippen LogP contribution in [0.5, 0.6) is 0 Å². The molecule has 13 heavy (non-hydrogen) atoms. The Kier molecular flexibility index (Phi) is 3.19. The molecule has 0 saturated heterocycles. The molecule has 0 aliphatic rings. The minimum absolute atomic E-state index is 0.385. The highest BCUT2D eigenvalue weighted by molar-refractivity contribution is 5.46. The van der Waals surface area contributed by atoms with E-state index in [0.717, 1.165) is 6.07 Å². The molecular weight excluding hydrogens is 174 g/mol. The van der Waals surface area contributed by atoms with Gasteiger partial charge in [-0.3, -0.25) is 0 Å². The number of benzene rings is 1. The molecule has 0 fully saturated rings. The topological polar surface area (TPSA) is 15.3 Å². The van der Waals surface area contributed by atoms with Crippen molar-refractivity contribution in [2.24, 2.45) is 0 Å². The third-order valence-corrected chi connectivity index (χ3v) is 1.72. The third-order valence-electron chi connectivity index (χ3n) is 1.72. The maximum absolute atomic E-state index is 13.1. The van der Waals surface area contributed by atoms with Crippen LogP contribution in [-0.2, 0) is 0 Å². The van der Waals surface area contributed by atoms with Gasteiger partial charge in [-0.25, -0.2) is 8.78 Å². The molecule has 72 valence electrons. The monoisotopic (exact) mass is 186 g/mol. The molecular formula is C9H12F2N2. The molecule has 0 aromatic heterocycles. The van der Waals surface area contributed by atoms with Crippen LogP contribution in [0.2, 0.25) is 0 Å². The van der Waals surface area contributed by atoms with E-state index >= 15 is 0 Å². The Labute approximate surface area is 76.2 Å². The predicted octanol–water partition coefficient (Wildman–Crippen LogP) is 1.58. The van der Waals surface area contributed by atoms with E-state index in [0.29, 0.717) is 12.4 Å². The predicted molar refractivity (Wildman–Crippen MR) is 48.7 cm³/mol. The summed E-state index contributed by atoms with van der Waals surface area (Å²) >= 11 is 0. The van der Waals surface area contributed by atoms with Gasteiger partial charge in [0.25, 0.3) is 0 Å². The molecule has 1 rings (SSSR count). The Morgan fingerprint density at radius 3 is 2.62 bits per heavy atom. The van der Waals surface area contributed by atoms with Gasteiger partial charge in [0.1, 0.15) is 11.6 Å². The van der Waals surface area contributed by atoms with Crippen LogP contribution in [-0.4, -0.2) is 20.8 Å². The smallest absolute Gasteiger partial charge is 0.149 e. The van der Waals surface area contributed by atoms with E-state index in [1.54, 1.807) is 19.0 Å². The van der Waals surface area contributed by atoms with Crippen molar-refractivity contribution in [3.8, 4) is 0 Å². The molecule has 0 spiro atoms. The molecule has 0 heterocycles. The maximum atomic E-state index is 13.1. The molecule has 1 N–H and O–H groups in total. The van der Waals surface area contributed by atoms with Crippen LogP contribution in [0.3, 0.4) is 0 Å². The molecule has 0 aliphatic heterocycles. The molecule has 1 aromatic carbocycles. The van der Waals surface area contributed by atoms with Crippen molar-refractivity contribution in [2.75, 3.05) is 25.7 Å². The maximum Gasteiger partial charge on any atom is 0.149 e. The zero-order valence-electron chi connectivity index (χ0n) is 7.64. The van der Waals surface area contributed by atoms with E-state index < -0.39 is 11.6 Å². The second-order valence-corrected chi connectivity index (χ2v) is 2.81. The van der Waals surface area contributed by atoms with Crippen molar-refractivity contribution in [1.82, 2.24) is 5.32 Å². The fourth-order valence-corrected chi connectivity index (χ4v) is 1.11. The van der Waals surface area contributed by atoms with Gasteiger partial charge in [0.05, 0.1) is 12.4 Å². The van der Waals surface area contributed by atoms with E-state index in [9.17, 15) is 8.78 Å². The quantitative estimate of drug-likeness (QED) is 0.721. The van der Waals surface area contributed by atoms with Gasteiger partial charge in [-0.1, -0.05) is 0 Å². The highest BCUT2D eigenvalue weighted by Gasteiger charge is 2.06. The Bertz CT molecular complexity index is 289. The lowest BCUT2D eigenvalue weighted by Crippen LogP contribution is -2.28. The largest absolute Gasteiger partial charge is 0.359 e. The average Bonchev–Trinajstić information content (AvgIpc) is 2.04. The molecule has 0 amide bonds. The minimum Gasteiger partial charge on any atom is -0.359 e. The van der Waals surface area contributed by atoms with Crippen LogP contribution in [0.4, 0.5) is 14.5 Å². The van der Waals surface area contributed by atoms with Gasteiger partial charge in [0, 0.05) is 13.1 Å². The normalized spacial score (nSPS) is 10.2. The average molecular weight is 186 g/mol. The Hall–Kier alpha value is -1.16. The van der Waals surface area contributed by atoms with Crippen LogP contribution in [0, 0.1) is 11.6 Å². The van der Waals surface area contributed by atoms with Crippen molar-refractivity contribution in [2.45, 2.75) is 0 Å². The number of nitrogens with one attached hydrogen (secondary N) is 1. The number of anilines is 1. The lowest BCUT2D eigenvalue weighted by atomic mass is 10.3. The molecule has 0 saturated carbocycles. The van der Waals surface area contributed by atoms with Crippen molar-refractivity contribution in [3.05, 3.63) is 29.8 Å². The first-order valence-electron chi connectivity index (χ1n) is 3.96.